The molecule has 0 saturated carbocycles. The molecule has 0 fully saturated rings. The summed E-state index contributed by atoms with van der Waals surface area (Å²) in [5, 5.41) is 8.55. The molecule has 0 aliphatic carbocycles. The molecule has 0 bridgehead atoms. The van der Waals surface area contributed by atoms with Crippen LogP contribution in [0.15, 0.2) is 42.1 Å². The highest BCUT2D eigenvalue weighted by Gasteiger charge is 1.98. The summed E-state index contributed by atoms with van der Waals surface area (Å²) in [6, 6.07) is 11.3. The van der Waals surface area contributed by atoms with Gasteiger partial charge in [-0.3, -0.25) is 4.79 Å². The minimum atomic E-state index is 0.108. The topological polar surface area (TPSA) is 44.1 Å². The number of carbonyl (C=O) groups is 1. The third-order valence-corrected chi connectivity index (χ3v) is 1.75. The van der Waals surface area contributed by atoms with Crippen molar-refractivity contribution >= 4 is 12.0 Å². The van der Waals surface area contributed by atoms with E-state index >= 15 is 0 Å². The van der Waals surface area contributed by atoms with Crippen molar-refractivity contribution in [3.8, 4) is 6.07 Å². The number of nitriles is 1. The van der Waals surface area contributed by atoms with Crippen LogP contribution in [0.25, 0.3) is 0 Å². The van der Waals surface area contributed by atoms with Crippen molar-refractivity contribution in [3.05, 3.63) is 42.1 Å². The van der Waals surface area contributed by atoms with Crippen molar-refractivity contribution in [2.45, 2.75) is 0 Å². The average Bonchev–Trinajstić information content (AvgIpc) is 2.26. The molecule has 0 atom stereocenters. The number of hydrogen-bond donors (Lipinski definition) is 0. The van der Waals surface area contributed by atoms with E-state index in [-0.39, 0.29) is 5.57 Å². The molecule has 0 saturated heterocycles. The van der Waals surface area contributed by atoms with Crippen LogP contribution in [-0.2, 0) is 4.79 Å². The quantitative estimate of drug-likeness (QED) is 0.410. The fourth-order valence-corrected chi connectivity index (χ4v) is 1.03. The van der Waals surface area contributed by atoms with Gasteiger partial charge in [0, 0.05) is 18.9 Å². The first-order valence-electron chi connectivity index (χ1n) is 4.13. The molecular formula is C11H10N2O. The van der Waals surface area contributed by atoms with Gasteiger partial charge < -0.3 is 4.90 Å². The normalized spacial score (nSPS) is 10.4. The number of aldehydes is 1. The van der Waals surface area contributed by atoms with Crippen LogP contribution in [0.4, 0.5) is 5.69 Å². The predicted octanol–water partition coefficient (Wildman–Crippen LogP) is 1.73. The summed E-state index contributed by atoms with van der Waals surface area (Å²) in [7, 11) is 1.79. The van der Waals surface area contributed by atoms with Gasteiger partial charge in [-0.1, -0.05) is 18.2 Å². The van der Waals surface area contributed by atoms with Gasteiger partial charge in [0.25, 0.3) is 0 Å². The van der Waals surface area contributed by atoms with Gasteiger partial charge in [0.2, 0.25) is 0 Å². The highest BCUT2D eigenvalue weighted by Crippen LogP contribution is 2.11. The molecule has 0 N–H and O–H groups in total. The Morgan fingerprint density at radius 3 is 2.57 bits per heavy atom. The molecule has 1 aromatic rings. The van der Waals surface area contributed by atoms with Crippen LogP contribution in [0.5, 0.6) is 0 Å². The van der Waals surface area contributed by atoms with Gasteiger partial charge in [-0.05, 0) is 12.1 Å². The number of allylic oxidation sites excluding steroid dienone is 1. The summed E-state index contributed by atoms with van der Waals surface area (Å²) in [4.78, 5) is 12.1. The van der Waals surface area contributed by atoms with Crippen molar-refractivity contribution in [2.75, 3.05) is 11.9 Å². The third-order valence-electron chi connectivity index (χ3n) is 1.75. The van der Waals surface area contributed by atoms with Crippen LogP contribution in [-0.4, -0.2) is 13.3 Å². The number of hydrogen-bond acceptors (Lipinski definition) is 3. The number of carbonyl (C=O) groups excluding carboxylic acids is 1. The predicted molar refractivity (Wildman–Crippen MR) is 54.6 cm³/mol. The van der Waals surface area contributed by atoms with E-state index in [0.29, 0.717) is 6.29 Å². The van der Waals surface area contributed by atoms with Crippen molar-refractivity contribution in [1.82, 2.24) is 0 Å². The Kier molecular flexibility index (Phi) is 3.45. The van der Waals surface area contributed by atoms with E-state index in [2.05, 4.69) is 0 Å². The second-order valence-electron chi connectivity index (χ2n) is 2.76. The summed E-state index contributed by atoms with van der Waals surface area (Å²) in [5.41, 5.74) is 1.04. The van der Waals surface area contributed by atoms with Crippen LogP contribution in [0.3, 0.4) is 0 Å². The maximum absolute atomic E-state index is 10.4. The Bertz CT molecular complexity index is 376. The van der Waals surface area contributed by atoms with Gasteiger partial charge in [0.15, 0.2) is 6.29 Å². The zero-order valence-corrected chi connectivity index (χ0v) is 7.84. The monoisotopic (exact) mass is 186 g/mol. The smallest absolute Gasteiger partial charge is 0.162 e. The Morgan fingerprint density at radius 2 is 2.07 bits per heavy atom. The Morgan fingerprint density at radius 1 is 1.43 bits per heavy atom. The summed E-state index contributed by atoms with van der Waals surface area (Å²) in [5.74, 6) is 0. The van der Waals surface area contributed by atoms with E-state index in [9.17, 15) is 4.79 Å². The SMILES string of the molecule is CN(C=C(C#N)C=O)c1ccccc1. The molecule has 0 aromatic heterocycles. The van der Waals surface area contributed by atoms with Gasteiger partial charge in [-0.15, -0.1) is 0 Å². The molecule has 70 valence electrons. The second kappa shape index (κ2) is 4.83. The van der Waals surface area contributed by atoms with Crippen molar-refractivity contribution in [3.63, 3.8) is 0 Å². The molecular weight excluding hydrogens is 176 g/mol. The van der Waals surface area contributed by atoms with Crippen molar-refractivity contribution in [1.29, 1.82) is 5.26 Å². The molecule has 1 rings (SSSR count). The molecule has 0 amide bonds. The first-order chi connectivity index (χ1) is 6.77. The first-order valence-corrected chi connectivity index (χ1v) is 4.13. The van der Waals surface area contributed by atoms with Gasteiger partial charge in [0.1, 0.15) is 11.6 Å². The third kappa shape index (κ3) is 2.46. The molecule has 3 heteroatoms. The van der Waals surface area contributed by atoms with Gasteiger partial charge in [0.05, 0.1) is 0 Å². The van der Waals surface area contributed by atoms with E-state index in [4.69, 9.17) is 5.26 Å². The van der Waals surface area contributed by atoms with Gasteiger partial charge in [-0.2, -0.15) is 5.26 Å². The molecule has 14 heavy (non-hydrogen) atoms. The summed E-state index contributed by atoms with van der Waals surface area (Å²) in [6.07, 6.45) is 2.04. The lowest BCUT2D eigenvalue weighted by Gasteiger charge is -2.13. The van der Waals surface area contributed by atoms with E-state index in [1.807, 2.05) is 30.3 Å². The Hall–Kier alpha value is -2.08. The number of anilines is 1. The minimum absolute atomic E-state index is 0.108. The largest absolute Gasteiger partial charge is 0.350 e. The molecule has 0 heterocycles. The van der Waals surface area contributed by atoms with E-state index < -0.39 is 0 Å². The summed E-state index contributed by atoms with van der Waals surface area (Å²) >= 11 is 0. The van der Waals surface area contributed by atoms with Crippen molar-refractivity contribution < 1.29 is 4.79 Å². The molecule has 0 unspecified atom stereocenters. The van der Waals surface area contributed by atoms with E-state index in [0.717, 1.165) is 5.69 Å². The van der Waals surface area contributed by atoms with Crippen LogP contribution < -0.4 is 4.90 Å². The van der Waals surface area contributed by atoms with Crippen LogP contribution in [0.2, 0.25) is 0 Å². The average molecular weight is 186 g/mol. The van der Waals surface area contributed by atoms with Gasteiger partial charge >= 0.3 is 0 Å². The van der Waals surface area contributed by atoms with Crippen LogP contribution >= 0.6 is 0 Å². The lowest BCUT2D eigenvalue weighted by Crippen LogP contribution is -2.09. The molecule has 0 radical (unpaired) electrons. The standard InChI is InChI=1S/C11H10N2O/c1-13(8-10(7-12)9-14)11-5-3-2-4-6-11/h2-6,8-9H,1H3. The number of rotatable bonds is 3. The van der Waals surface area contributed by atoms with Gasteiger partial charge in [-0.25, -0.2) is 0 Å². The van der Waals surface area contributed by atoms with Crippen molar-refractivity contribution in [2.24, 2.45) is 0 Å². The fraction of sp³-hybridized carbons (Fsp3) is 0.0909. The summed E-state index contributed by atoms with van der Waals surface area (Å²) in [6.45, 7) is 0. The molecule has 3 nitrogen and oxygen atoms in total. The second-order valence-corrected chi connectivity index (χ2v) is 2.76. The maximum atomic E-state index is 10.4. The lowest BCUT2D eigenvalue weighted by atomic mass is 10.3. The Balaban J connectivity index is 2.88. The zero-order valence-electron chi connectivity index (χ0n) is 7.84. The molecule has 1 aromatic carbocycles. The zero-order chi connectivity index (χ0) is 10.4. The van der Waals surface area contributed by atoms with Crippen LogP contribution in [0, 0.1) is 11.3 Å². The molecule has 0 aliphatic rings. The highest BCUT2D eigenvalue weighted by molar-refractivity contribution is 5.79. The molecule has 0 spiro atoms. The maximum Gasteiger partial charge on any atom is 0.162 e. The number of benzene rings is 1. The minimum Gasteiger partial charge on any atom is -0.350 e. The first kappa shape index (κ1) is 10.0. The lowest BCUT2D eigenvalue weighted by molar-refractivity contribution is -0.104. The number of para-hydroxylation sites is 1. The van der Waals surface area contributed by atoms with E-state index in [1.165, 1.54) is 6.20 Å². The molecule has 0 aliphatic heterocycles. The summed E-state index contributed by atoms with van der Waals surface area (Å²) < 4.78 is 0. The van der Waals surface area contributed by atoms with E-state index in [1.54, 1.807) is 18.0 Å². The highest BCUT2D eigenvalue weighted by atomic mass is 16.1. The fourth-order valence-electron chi connectivity index (χ4n) is 1.03. The Labute approximate surface area is 82.9 Å². The van der Waals surface area contributed by atoms with Crippen LogP contribution in [0.1, 0.15) is 0 Å². The number of nitrogens with zero attached hydrogens (tertiary/aromatic N) is 2.